The number of rotatable bonds is 6. The van der Waals surface area contributed by atoms with Crippen molar-refractivity contribution in [3.8, 4) is 17.9 Å². The lowest BCUT2D eigenvalue weighted by Gasteiger charge is -2.27. The van der Waals surface area contributed by atoms with E-state index < -0.39 is 47.2 Å². The van der Waals surface area contributed by atoms with E-state index in [1.807, 2.05) is 0 Å². The molecule has 1 saturated heterocycles. The third kappa shape index (κ3) is 4.20. The minimum atomic E-state index is -4.32. The number of aliphatic hydroxyl groups is 2. The number of halogens is 1. The smallest absolute Gasteiger partial charge is 0.244 e. The predicted molar refractivity (Wildman–Crippen MR) is 107 cm³/mol. The highest BCUT2D eigenvalue weighted by atomic mass is 32.2. The SMILES string of the molecule is CC(=O)c1ccc(S(=O)(=O)N2C[C@H](Oc3ccc(C#N)c(F)c3)[C@](O)(CO)C2)c(C#N)c1. The topological polar surface area (TPSA) is 152 Å². The molecular weight excluding hydrogens is 441 g/mol. The van der Waals surface area contributed by atoms with Crippen molar-refractivity contribution in [3.63, 3.8) is 0 Å². The van der Waals surface area contributed by atoms with Crippen LogP contribution in [0.1, 0.15) is 28.4 Å². The average Bonchev–Trinajstić information content (AvgIpc) is 3.11. The van der Waals surface area contributed by atoms with Crippen molar-refractivity contribution in [3.05, 3.63) is 58.9 Å². The Hall–Kier alpha value is -3.35. The first-order valence-electron chi connectivity index (χ1n) is 9.30. The number of Topliss-reactive ketones (excluding diaryl/α,β-unsaturated/α-hetero) is 1. The quantitative estimate of drug-likeness (QED) is 0.606. The summed E-state index contributed by atoms with van der Waals surface area (Å²) in [6, 6.07) is 10.4. The maximum Gasteiger partial charge on any atom is 0.244 e. The van der Waals surface area contributed by atoms with Gasteiger partial charge in [-0.2, -0.15) is 14.8 Å². The molecule has 166 valence electrons. The molecule has 11 heteroatoms. The number of carbonyl (C=O) groups excluding carboxylic acids is 1. The summed E-state index contributed by atoms with van der Waals surface area (Å²) in [7, 11) is -4.32. The number of carbonyl (C=O) groups is 1. The second-order valence-electron chi connectivity index (χ2n) is 7.30. The highest BCUT2D eigenvalue weighted by Gasteiger charge is 2.51. The number of hydrogen-bond acceptors (Lipinski definition) is 8. The van der Waals surface area contributed by atoms with Crippen LogP contribution in [-0.2, 0) is 10.0 Å². The molecule has 0 radical (unpaired) electrons. The van der Waals surface area contributed by atoms with Gasteiger partial charge >= 0.3 is 0 Å². The molecule has 2 aromatic carbocycles. The summed E-state index contributed by atoms with van der Waals surface area (Å²) in [5.41, 5.74) is -2.31. The molecule has 0 aliphatic carbocycles. The Bertz CT molecular complexity index is 1270. The minimum absolute atomic E-state index is 0.0684. The first-order chi connectivity index (χ1) is 15.1. The lowest BCUT2D eigenvalue weighted by molar-refractivity contribution is -0.0641. The van der Waals surface area contributed by atoms with Crippen LogP contribution < -0.4 is 4.74 Å². The summed E-state index contributed by atoms with van der Waals surface area (Å²) in [5.74, 6) is -1.27. The fourth-order valence-corrected chi connectivity index (χ4v) is 4.96. The van der Waals surface area contributed by atoms with Crippen molar-refractivity contribution < 1.29 is 32.6 Å². The van der Waals surface area contributed by atoms with Crippen molar-refractivity contribution >= 4 is 15.8 Å². The Morgan fingerprint density at radius 1 is 1.25 bits per heavy atom. The zero-order chi connectivity index (χ0) is 23.7. The van der Waals surface area contributed by atoms with Crippen molar-refractivity contribution in [2.75, 3.05) is 19.7 Å². The van der Waals surface area contributed by atoms with Gasteiger partial charge in [0.25, 0.3) is 0 Å². The summed E-state index contributed by atoms with van der Waals surface area (Å²) >= 11 is 0. The Morgan fingerprint density at radius 3 is 2.50 bits per heavy atom. The molecule has 0 bridgehead atoms. The van der Waals surface area contributed by atoms with Crippen LogP contribution in [0, 0.1) is 28.5 Å². The minimum Gasteiger partial charge on any atom is -0.486 e. The van der Waals surface area contributed by atoms with Crippen LogP contribution in [-0.4, -0.2) is 60.1 Å². The second-order valence-corrected chi connectivity index (χ2v) is 9.20. The van der Waals surface area contributed by atoms with Crippen LogP contribution in [0.5, 0.6) is 5.75 Å². The van der Waals surface area contributed by atoms with Gasteiger partial charge in [-0.25, -0.2) is 12.8 Å². The summed E-state index contributed by atoms with van der Waals surface area (Å²) in [4.78, 5) is 11.2. The number of sulfonamides is 1. The first kappa shape index (κ1) is 23.3. The third-order valence-corrected chi connectivity index (χ3v) is 7.03. The van der Waals surface area contributed by atoms with Crippen molar-refractivity contribution in [1.82, 2.24) is 4.31 Å². The van der Waals surface area contributed by atoms with Crippen LogP contribution in [0.4, 0.5) is 4.39 Å². The van der Waals surface area contributed by atoms with Gasteiger partial charge in [0.15, 0.2) is 5.78 Å². The summed E-state index contributed by atoms with van der Waals surface area (Å²) in [6.45, 7) is -0.522. The zero-order valence-electron chi connectivity index (χ0n) is 16.8. The van der Waals surface area contributed by atoms with Gasteiger partial charge in [-0.3, -0.25) is 4.79 Å². The van der Waals surface area contributed by atoms with Gasteiger partial charge in [-0.15, -0.1) is 0 Å². The molecule has 3 rings (SSSR count). The number of nitriles is 2. The van der Waals surface area contributed by atoms with E-state index >= 15 is 0 Å². The monoisotopic (exact) mass is 459 g/mol. The molecule has 32 heavy (non-hydrogen) atoms. The number of ether oxygens (including phenoxy) is 1. The Labute approximate surface area is 183 Å². The Balaban J connectivity index is 1.93. The van der Waals surface area contributed by atoms with Gasteiger partial charge in [0.1, 0.15) is 40.3 Å². The fourth-order valence-electron chi connectivity index (χ4n) is 3.33. The number of nitrogens with zero attached hydrogens (tertiary/aromatic N) is 3. The summed E-state index contributed by atoms with van der Waals surface area (Å²) < 4.78 is 46.6. The van der Waals surface area contributed by atoms with Gasteiger partial charge in [-0.1, -0.05) is 0 Å². The molecule has 0 unspecified atom stereocenters. The van der Waals surface area contributed by atoms with Crippen molar-refractivity contribution in [1.29, 1.82) is 10.5 Å². The molecule has 0 saturated carbocycles. The number of aliphatic hydroxyl groups excluding tert-OH is 1. The molecule has 0 aromatic heterocycles. The lowest BCUT2D eigenvalue weighted by atomic mass is 10.0. The molecule has 1 fully saturated rings. The van der Waals surface area contributed by atoms with Gasteiger partial charge in [0.05, 0.1) is 24.3 Å². The predicted octanol–water partition coefficient (Wildman–Crippen LogP) is 0.947. The average molecular weight is 459 g/mol. The standard InChI is InChI=1S/C21H18FN3O6S/c1-13(27)14-3-5-19(16(6-14)9-24)32(29,30)25-10-20(21(28,11-25)12-26)31-17-4-2-15(8-23)18(22)7-17/h2-7,20,26,28H,10-12H2,1H3/t20-,21+/m0/s1. The Morgan fingerprint density at radius 2 is 1.94 bits per heavy atom. The van der Waals surface area contributed by atoms with Crippen LogP contribution in [0.25, 0.3) is 0 Å². The van der Waals surface area contributed by atoms with Crippen LogP contribution in [0.3, 0.4) is 0 Å². The number of benzene rings is 2. The maximum absolute atomic E-state index is 13.9. The lowest BCUT2D eigenvalue weighted by Crippen LogP contribution is -2.48. The molecular formula is C21H18FN3O6S. The van der Waals surface area contributed by atoms with E-state index in [1.165, 1.54) is 25.1 Å². The van der Waals surface area contributed by atoms with Crippen LogP contribution in [0.15, 0.2) is 41.3 Å². The first-order valence-corrected chi connectivity index (χ1v) is 10.7. The molecule has 2 aromatic rings. The van der Waals surface area contributed by atoms with Gasteiger partial charge in [0.2, 0.25) is 10.0 Å². The normalized spacial score (nSPS) is 21.0. The Kier molecular flexibility index (Phi) is 6.30. The van der Waals surface area contributed by atoms with Crippen molar-refractivity contribution in [2.45, 2.75) is 23.5 Å². The van der Waals surface area contributed by atoms with E-state index in [9.17, 15) is 33.1 Å². The van der Waals surface area contributed by atoms with E-state index in [4.69, 9.17) is 10.00 Å². The molecule has 2 N–H and O–H groups in total. The van der Waals surface area contributed by atoms with E-state index in [2.05, 4.69) is 0 Å². The molecule has 9 nitrogen and oxygen atoms in total. The molecule has 2 atom stereocenters. The molecule has 0 spiro atoms. The van der Waals surface area contributed by atoms with Crippen LogP contribution in [0.2, 0.25) is 0 Å². The van der Waals surface area contributed by atoms with E-state index in [-0.39, 0.29) is 33.1 Å². The van der Waals surface area contributed by atoms with E-state index in [0.717, 1.165) is 22.5 Å². The van der Waals surface area contributed by atoms with Crippen molar-refractivity contribution in [2.24, 2.45) is 0 Å². The van der Waals surface area contributed by atoms with E-state index in [0.29, 0.717) is 0 Å². The fraction of sp³-hybridized carbons (Fsp3) is 0.286. The summed E-state index contributed by atoms with van der Waals surface area (Å²) in [5, 5.41) is 38.7. The molecule has 0 amide bonds. The number of hydrogen-bond donors (Lipinski definition) is 2. The highest BCUT2D eigenvalue weighted by Crippen LogP contribution is 2.32. The maximum atomic E-state index is 13.9. The molecule has 1 aliphatic heterocycles. The van der Waals surface area contributed by atoms with E-state index in [1.54, 1.807) is 12.1 Å². The number of ketones is 1. The van der Waals surface area contributed by atoms with Gasteiger partial charge in [0, 0.05) is 18.2 Å². The second kappa shape index (κ2) is 8.65. The number of β-amino-alcohol motifs (C(OH)–C–C–N with tert-alkyl or cyclic N) is 1. The van der Waals surface area contributed by atoms with Crippen LogP contribution >= 0.6 is 0 Å². The van der Waals surface area contributed by atoms with Gasteiger partial charge in [-0.05, 0) is 37.3 Å². The van der Waals surface area contributed by atoms with Gasteiger partial charge < -0.3 is 14.9 Å². The molecule has 1 aliphatic rings. The zero-order valence-corrected chi connectivity index (χ0v) is 17.6. The molecule has 1 heterocycles. The highest BCUT2D eigenvalue weighted by molar-refractivity contribution is 7.89. The largest absolute Gasteiger partial charge is 0.486 e. The third-order valence-electron chi connectivity index (χ3n) is 5.16. The summed E-state index contributed by atoms with van der Waals surface area (Å²) in [6.07, 6.45) is -1.27.